The van der Waals surface area contributed by atoms with Crippen molar-refractivity contribution in [2.45, 2.75) is 65.2 Å². The van der Waals surface area contributed by atoms with Crippen molar-refractivity contribution in [3.8, 4) is 22.6 Å². The first-order valence-electron chi connectivity index (χ1n) is 10.6. The molecule has 0 unspecified atom stereocenters. The van der Waals surface area contributed by atoms with Crippen LogP contribution in [0.2, 0.25) is 5.02 Å². The number of hydrogen-bond donors (Lipinski definition) is 0. The molecule has 0 fully saturated rings. The van der Waals surface area contributed by atoms with E-state index in [1.807, 2.05) is 0 Å². The van der Waals surface area contributed by atoms with Crippen LogP contribution in [0.15, 0.2) is 30.3 Å². The molecule has 0 aliphatic heterocycles. The summed E-state index contributed by atoms with van der Waals surface area (Å²) in [6, 6.07) is 7.79. The zero-order valence-electron chi connectivity index (χ0n) is 17.4. The fourth-order valence-corrected chi connectivity index (χ4v) is 3.34. The lowest BCUT2D eigenvalue weighted by atomic mass is 10.0. The number of benzene rings is 2. The number of unbranched alkanes of at least 4 members (excludes halogenated alkanes) is 6. The zero-order chi connectivity index (χ0) is 21.1. The molecule has 0 N–H and O–H groups in total. The Morgan fingerprint density at radius 3 is 1.93 bits per heavy atom. The van der Waals surface area contributed by atoms with Crippen LogP contribution in [-0.2, 0) is 0 Å². The molecular formula is C24H31ClF2O2. The lowest BCUT2D eigenvalue weighted by molar-refractivity contribution is 0.290. The van der Waals surface area contributed by atoms with Crippen LogP contribution in [-0.4, -0.2) is 13.2 Å². The van der Waals surface area contributed by atoms with Crippen LogP contribution in [0, 0.1) is 11.6 Å². The quantitative estimate of drug-likeness (QED) is 0.301. The van der Waals surface area contributed by atoms with E-state index in [1.54, 1.807) is 24.3 Å². The van der Waals surface area contributed by atoms with Crippen LogP contribution in [0.1, 0.15) is 65.2 Å². The smallest absolute Gasteiger partial charge is 0.184 e. The zero-order valence-corrected chi connectivity index (χ0v) is 18.2. The topological polar surface area (TPSA) is 18.5 Å². The van der Waals surface area contributed by atoms with Crippen LogP contribution in [0.25, 0.3) is 11.1 Å². The Labute approximate surface area is 178 Å². The lowest BCUT2D eigenvalue weighted by Crippen LogP contribution is -2.01. The van der Waals surface area contributed by atoms with Crippen LogP contribution in [0.5, 0.6) is 11.5 Å². The van der Waals surface area contributed by atoms with Gasteiger partial charge in [-0.3, -0.25) is 0 Å². The van der Waals surface area contributed by atoms with E-state index in [1.165, 1.54) is 6.07 Å². The first-order valence-corrected chi connectivity index (χ1v) is 11.0. The summed E-state index contributed by atoms with van der Waals surface area (Å²) < 4.78 is 40.0. The molecule has 0 aliphatic rings. The first kappa shape index (κ1) is 23.5. The number of rotatable bonds is 13. The van der Waals surface area contributed by atoms with E-state index in [0.29, 0.717) is 24.3 Å². The van der Waals surface area contributed by atoms with Crippen molar-refractivity contribution in [1.29, 1.82) is 0 Å². The van der Waals surface area contributed by atoms with Gasteiger partial charge < -0.3 is 9.47 Å². The van der Waals surface area contributed by atoms with Crippen molar-refractivity contribution < 1.29 is 18.3 Å². The Bertz CT molecular complexity index is 765. The molecule has 2 rings (SSSR count). The van der Waals surface area contributed by atoms with E-state index >= 15 is 0 Å². The van der Waals surface area contributed by atoms with E-state index < -0.39 is 11.6 Å². The first-order chi connectivity index (χ1) is 14.1. The van der Waals surface area contributed by atoms with Crippen molar-refractivity contribution >= 4 is 11.6 Å². The Morgan fingerprint density at radius 1 is 0.759 bits per heavy atom. The average molecular weight is 425 g/mol. The number of hydrogen-bond acceptors (Lipinski definition) is 2. The molecule has 0 amide bonds. The summed E-state index contributed by atoms with van der Waals surface area (Å²) in [4.78, 5) is 0. The van der Waals surface area contributed by atoms with Gasteiger partial charge in [0.05, 0.1) is 18.2 Å². The van der Waals surface area contributed by atoms with Crippen LogP contribution >= 0.6 is 11.6 Å². The predicted octanol–water partition coefficient (Wildman–Crippen LogP) is 8.20. The molecule has 160 valence electrons. The standard InChI is InChI=1S/C24H31ClF2O2/c1-3-5-7-9-15-28-21-13-11-18(17-20(21)26)19-12-14-22(24(27)23(19)25)29-16-10-8-6-4-2/h11-14,17H,3-10,15-16H2,1-2H3. The van der Waals surface area contributed by atoms with Gasteiger partial charge in [-0.2, -0.15) is 0 Å². The summed E-state index contributed by atoms with van der Waals surface area (Å²) in [5.41, 5.74) is 0.926. The molecule has 0 aliphatic carbocycles. The fourth-order valence-electron chi connectivity index (χ4n) is 3.07. The lowest BCUT2D eigenvalue weighted by Gasteiger charge is -2.12. The second-order valence-corrected chi connectivity index (χ2v) is 7.58. The Kier molecular flexibility index (Phi) is 10.3. The third-order valence-corrected chi connectivity index (χ3v) is 5.17. The highest BCUT2D eigenvalue weighted by molar-refractivity contribution is 6.33. The molecule has 2 aromatic carbocycles. The molecule has 0 radical (unpaired) electrons. The largest absolute Gasteiger partial charge is 0.491 e. The van der Waals surface area contributed by atoms with Crippen molar-refractivity contribution in [1.82, 2.24) is 0 Å². The third kappa shape index (κ3) is 7.18. The van der Waals surface area contributed by atoms with Gasteiger partial charge in [0.1, 0.15) is 0 Å². The van der Waals surface area contributed by atoms with Gasteiger partial charge in [-0.1, -0.05) is 70.0 Å². The van der Waals surface area contributed by atoms with Gasteiger partial charge in [0, 0.05) is 5.56 Å². The van der Waals surface area contributed by atoms with Gasteiger partial charge in [-0.25, -0.2) is 8.78 Å². The predicted molar refractivity (Wildman–Crippen MR) is 116 cm³/mol. The molecule has 2 aromatic rings. The van der Waals surface area contributed by atoms with Crippen LogP contribution in [0.3, 0.4) is 0 Å². The van der Waals surface area contributed by atoms with Crippen LogP contribution < -0.4 is 9.47 Å². The Hall–Kier alpha value is -1.81. The SMILES string of the molecule is CCCCCCOc1ccc(-c2ccc(OCCCCCC)c(F)c2Cl)cc1F. The summed E-state index contributed by atoms with van der Waals surface area (Å²) in [5, 5.41) is -0.0660. The second kappa shape index (κ2) is 12.7. The molecule has 0 aromatic heterocycles. The molecular weight excluding hydrogens is 394 g/mol. The van der Waals surface area contributed by atoms with E-state index in [0.717, 1.165) is 51.4 Å². The molecule has 5 heteroatoms. The van der Waals surface area contributed by atoms with Crippen molar-refractivity contribution in [2.24, 2.45) is 0 Å². The van der Waals surface area contributed by atoms with Gasteiger partial charge in [-0.15, -0.1) is 0 Å². The minimum Gasteiger partial charge on any atom is -0.491 e. The van der Waals surface area contributed by atoms with Crippen molar-refractivity contribution in [3.63, 3.8) is 0 Å². The monoisotopic (exact) mass is 424 g/mol. The summed E-state index contributed by atoms with van der Waals surface area (Å²) >= 11 is 6.21. The Balaban J connectivity index is 2.02. The van der Waals surface area contributed by atoms with Gasteiger partial charge in [-0.05, 0) is 42.7 Å². The molecule has 0 spiro atoms. The van der Waals surface area contributed by atoms with Gasteiger partial charge >= 0.3 is 0 Å². The maximum Gasteiger partial charge on any atom is 0.184 e. The maximum absolute atomic E-state index is 14.6. The molecule has 2 nitrogen and oxygen atoms in total. The fraction of sp³-hybridized carbons (Fsp3) is 0.500. The molecule has 0 atom stereocenters. The van der Waals surface area contributed by atoms with E-state index in [9.17, 15) is 8.78 Å². The minimum atomic E-state index is -0.615. The third-order valence-electron chi connectivity index (χ3n) is 4.80. The summed E-state index contributed by atoms with van der Waals surface area (Å²) in [7, 11) is 0. The van der Waals surface area contributed by atoms with Crippen molar-refractivity contribution in [2.75, 3.05) is 13.2 Å². The van der Waals surface area contributed by atoms with Gasteiger partial charge in [0.15, 0.2) is 23.1 Å². The van der Waals surface area contributed by atoms with Crippen LogP contribution in [0.4, 0.5) is 8.78 Å². The second-order valence-electron chi connectivity index (χ2n) is 7.20. The normalized spacial score (nSPS) is 10.9. The minimum absolute atomic E-state index is 0.0660. The Morgan fingerprint density at radius 2 is 1.34 bits per heavy atom. The van der Waals surface area contributed by atoms with E-state index in [4.69, 9.17) is 21.1 Å². The number of halogens is 3. The average Bonchev–Trinajstić information content (AvgIpc) is 2.72. The van der Waals surface area contributed by atoms with Gasteiger partial charge in [0.2, 0.25) is 0 Å². The summed E-state index contributed by atoms with van der Waals surface area (Å²) in [6.45, 7) is 5.20. The summed E-state index contributed by atoms with van der Waals surface area (Å²) in [6.07, 6.45) is 8.44. The highest BCUT2D eigenvalue weighted by Gasteiger charge is 2.16. The van der Waals surface area contributed by atoms with Gasteiger partial charge in [0.25, 0.3) is 0 Å². The molecule has 29 heavy (non-hydrogen) atoms. The molecule has 0 saturated heterocycles. The summed E-state index contributed by atoms with van der Waals surface area (Å²) in [5.74, 6) is -0.765. The molecule has 0 saturated carbocycles. The van der Waals surface area contributed by atoms with Crippen molar-refractivity contribution in [3.05, 3.63) is 47.0 Å². The highest BCUT2D eigenvalue weighted by atomic mass is 35.5. The molecule has 0 heterocycles. The highest BCUT2D eigenvalue weighted by Crippen LogP contribution is 2.36. The van der Waals surface area contributed by atoms with E-state index in [-0.39, 0.29) is 16.5 Å². The maximum atomic E-state index is 14.6. The molecule has 0 bridgehead atoms. The number of ether oxygens (including phenoxy) is 2. The van der Waals surface area contributed by atoms with E-state index in [2.05, 4.69) is 13.8 Å².